The zero-order chi connectivity index (χ0) is 20.1. The molecular formula is C26H24N2O2. The van der Waals surface area contributed by atoms with Gasteiger partial charge in [0.05, 0.1) is 6.54 Å². The summed E-state index contributed by atoms with van der Waals surface area (Å²) in [6.45, 7) is 3.59. The molecule has 2 aromatic heterocycles. The van der Waals surface area contributed by atoms with Crippen molar-refractivity contribution in [1.29, 1.82) is 0 Å². The molecule has 2 aliphatic heterocycles. The largest absolute Gasteiger partial charge is 0.460 e. The average molecular weight is 396 g/mol. The number of pyridine rings is 1. The van der Waals surface area contributed by atoms with E-state index in [2.05, 4.69) is 41.3 Å². The van der Waals surface area contributed by atoms with Crippen LogP contribution in [0.3, 0.4) is 0 Å². The first kappa shape index (κ1) is 17.7. The number of rotatable bonds is 3. The number of likely N-dealkylation sites (tertiary alicyclic amines) is 1. The number of benzene rings is 2. The molecule has 4 aromatic rings. The summed E-state index contributed by atoms with van der Waals surface area (Å²) < 4.78 is 8.12. The predicted octanol–water partition coefficient (Wildman–Crippen LogP) is 4.88. The highest BCUT2D eigenvalue weighted by Crippen LogP contribution is 2.40. The molecule has 4 nitrogen and oxygen atoms in total. The van der Waals surface area contributed by atoms with Gasteiger partial charge in [-0.25, -0.2) is 0 Å². The Balaban J connectivity index is 1.34. The van der Waals surface area contributed by atoms with E-state index < -0.39 is 0 Å². The van der Waals surface area contributed by atoms with Crippen LogP contribution in [0.1, 0.15) is 23.8 Å². The molecular weight excluding hydrogens is 372 g/mol. The molecule has 0 amide bonds. The highest BCUT2D eigenvalue weighted by atomic mass is 16.3. The van der Waals surface area contributed by atoms with Crippen molar-refractivity contribution in [2.75, 3.05) is 13.1 Å². The van der Waals surface area contributed by atoms with E-state index in [-0.39, 0.29) is 5.56 Å². The lowest BCUT2D eigenvalue weighted by molar-refractivity contribution is 0.109. The molecule has 2 atom stereocenters. The lowest BCUT2D eigenvalue weighted by Crippen LogP contribution is -2.46. The third kappa shape index (κ3) is 2.99. The number of piperidine rings is 1. The minimum Gasteiger partial charge on any atom is -0.460 e. The molecule has 2 aromatic carbocycles. The molecule has 0 spiro atoms. The highest BCUT2D eigenvalue weighted by Gasteiger charge is 2.36. The van der Waals surface area contributed by atoms with Crippen molar-refractivity contribution < 1.29 is 4.42 Å². The summed E-state index contributed by atoms with van der Waals surface area (Å²) in [7, 11) is 0. The summed E-state index contributed by atoms with van der Waals surface area (Å²) in [6.07, 6.45) is 1.15. The normalized spacial score (nSPS) is 20.9. The first-order chi connectivity index (χ1) is 14.7. The van der Waals surface area contributed by atoms with E-state index >= 15 is 0 Å². The molecule has 0 unspecified atom stereocenters. The van der Waals surface area contributed by atoms with Crippen LogP contribution < -0.4 is 5.56 Å². The van der Waals surface area contributed by atoms with Gasteiger partial charge >= 0.3 is 0 Å². The third-order valence-corrected chi connectivity index (χ3v) is 6.61. The minimum atomic E-state index is 0.130. The molecule has 4 heterocycles. The summed E-state index contributed by atoms with van der Waals surface area (Å²) in [6, 6.07) is 24.6. The zero-order valence-electron chi connectivity index (χ0n) is 16.8. The molecule has 0 saturated carbocycles. The van der Waals surface area contributed by atoms with E-state index in [1.807, 2.05) is 34.9 Å². The van der Waals surface area contributed by atoms with Gasteiger partial charge in [0.25, 0.3) is 5.56 Å². The number of hydrogen-bond donors (Lipinski definition) is 0. The summed E-state index contributed by atoms with van der Waals surface area (Å²) in [4.78, 5) is 15.2. The molecule has 0 aliphatic carbocycles. The number of nitrogens with zero attached hydrogens (tertiary/aromatic N) is 2. The van der Waals surface area contributed by atoms with Gasteiger partial charge in [0.1, 0.15) is 11.3 Å². The second kappa shape index (κ2) is 6.99. The maximum Gasteiger partial charge on any atom is 0.250 e. The van der Waals surface area contributed by atoms with Crippen LogP contribution in [0, 0.1) is 5.92 Å². The van der Waals surface area contributed by atoms with Crippen LogP contribution >= 0.6 is 0 Å². The monoisotopic (exact) mass is 396 g/mol. The summed E-state index contributed by atoms with van der Waals surface area (Å²) in [5, 5.41) is 1.16. The van der Waals surface area contributed by atoms with Crippen LogP contribution in [0.25, 0.3) is 22.1 Å². The number of furan rings is 1. The van der Waals surface area contributed by atoms with Crippen LogP contribution in [-0.4, -0.2) is 22.6 Å². The second-order valence-electron chi connectivity index (χ2n) is 8.69. The van der Waals surface area contributed by atoms with E-state index in [1.165, 1.54) is 16.8 Å². The van der Waals surface area contributed by atoms with Crippen molar-refractivity contribution in [3.05, 3.63) is 94.6 Å². The van der Waals surface area contributed by atoms with Gasteiger partial charge in [-0.05, 0) is 36.1 Å². The Morgan fingerprint density at radius 3 is 2.60 bits per heavy atom. The van der Waals surface area contributed by atoms with Crippen molar-refractivity contribution in [2.24, 2.45) is 5.92 Å². The highest BCUT2D eigenvalue weighted by molar-refractivity contribution is 5.77. The number of hydrogen-bond acceptors (Lipinski definition) is 3. The summed E-state index contributed by atoms with van der Waals surface area (Å²) in [5.41, 5.74) is 4.68. The van der Waals surface area contributed by atoms with Crippen molar-refractivity contribution in [3.63, 3.8) is 0 Å². The second-order valence-corrected chi connectivity index (χ2v) is 8.69. The number of fused-ring (bicyclic) bond motifs is 5. The fourth-order valence-corrected chi connectivity index (χ4v) is 5.44. The summed E-state index contributed by atoms with van der Waals surface area (Å²) >= 11 is 0. The maximum atomic E-state index is 12.7. The van der Waals surface area contributed by atoms with Gasteiger partial charge in [-0.15, -0.1) is 0 Å². The number of aromatic nitrogens is 1. The van der Waals surface area contributed by atoms with Crippen molar-refractivity contribution >= 4 is 11.0 Å². The molecule has 4 heteroatoms. The van der Waals surface area contributed by atoms with E-state index in [4.69, 9.17) is 4.42 Å². The molecule has 1 fully saturated rings. The Bertz CT molecular complexity index is 1240. The fourth-order valence-electron chi connectivity index (χ4n) is 5.44. The SMILES string of the molecule is O=c1ccc(-c2ccccc2)c2n1C[C@H]1C[C@H]2CN(Cc2cc3ccccc3o2)C1. The van der Waals surface area contributed by atoms with Gasteiger partial charge in [-0.2, -0.15) is 0 Å². The van der Waals surface area contributed by atoms with Gasteiger partial charge in [-0.3, -0.25) is 9.69 Å². The van der Waals surface area contributed by atoms with E-state index in [1.54, 1.807) is 6.07 Å². The predicted molar refractivity (Wildman–Crippen MR) is 118 cm³/mol. The Morgan fingerprint density at radius 1 is 0.900 bits per heavy atom. The van der Waals surface area contributed by atoms with Crippen LogP contribution in [0.4, 0.5) is 0 Å². The molecule has 0 radical (unpaired) electrons. The first-order valence-corrected chi connectivity index (χ1v) is 10.7. The zero-order valence-corrected chi connectivity index (χ0v) is 16.8. The van der Waals surface area contributed by atoms with Crippen LogP contribution in [-0.2, 0) is 13.1 Å². The standard InChI is InChI=1S/C26H24N2O2/c29-25-11-10-23(19-6-2-1-3-7-19)26-21-12-18(15-28(25)26)14-27(16-21)17-22-13-20-8-4-5-9-24(20)30-22/h1-11,13,18,21H,12,14-17H2/t18-,21-/m0/s1. The van der Waals surface area contributed by atoms with Crippen molar-refractivity contribution in [3.8, 4) is 11.1 Å². The Hall–Kier alpha value is -3.11. The molecule has 2 bridgehead atoms. The van der Waals surface area contributed by atoms with E-state index in [0.29, 0.717) is 11.8 Å². The molecule has 6 rings (SSSR count). The Morgan fingerprint density at radius 2 is 1.73 bits per heavy atom. The van der Waals surface area contributed by atoms with Crippen LogP contribution in [0.2, 0.25) is 0 Å². The van der Waals surface area contributed by atoms with Crippen LogP contribution in [0.15, 0.2) is 82.0 Å². The third-order valence-electron chi connectivity index (χ3n) is 6.61. The smallest absolute Gasteiger partial charge is 0.250 e. The molecule has 30 heavy (non-hydrogen) atoms. The topological polar surface area (TPSA) is 38.4 Å². The number of para-hydroxylation sites is 1. The van der Waals surface area contributed by atoms with Crippen molar-refractivity contribution in [2.45, 2.75) is 25.4 Å². The van der Waals surface area contributed by atoms with E-state index in [0.717, 1.165) is 49.3 Å². The Kier molecular flexibility index (Phi) is 4.13. The van der Waals surface area contributed by atoms with Gasteiger partial charge in [0.15, 0.2) is 0 Å². The molecule has 2 aliphatic rings. The van der Waals surface area contributed by atoms with Crippen molar-refractivity contribution in [1.82, 2.24) is 9.47 Å². The van der Waals surface area contributed by atoms with Gasteiger partial charge in [0.2, 0.25) is 0 Å². The van der Waals surface area contributed by atoms with Crippen LogP contribution in [0.5, 0.6) is 0 Å². The maximum absolute atomic E-state index is 12.7. The quantitative estimate of drug-likeness (QED) is 0.495. The fraction of sp³-hybridized carbons (Fsp3) is 0.269. The lowest BCUT2D eigenvalue weighted by Gasteiger charge is -2.43. The first-order valence-electron chi connectivity index (χ1n) is 10.7. The summed E-state index contributed by atoms with van der Waals surface area (Å²) in [5.74, 6) is 1.89. The lowest BCUT2D eigenvalue weighted by atomic mass is 9.80. The van der Waals surface area contributed by atoms with E-state index in [9.17, 15) is 4.79 Å². The average Bonchev–Trinajstić information content (AvgIpc) is 3.17. The molecule has 0 N–H and O–H groups in total. The molecule has 1 saturated heterocycles. The Labute approximate surface area is 175 Å². The van der Waals surface area contributed by atoms with Gasteiger partial charge in [-0.1, -0.05) is 48.5 Å². The minimum absolute atomic E-state index is 0.130. The van der Waals surface area contributed by atoms with Gasteiger partial charge in [0, 0.05) is 48.3 Å². The van der Waals surface area contributed by atoms with Gasteiger partial charge < -0.3 is 8.98 Å². The molecule has 150 valence electrons.